The van der Waals surface area contributed by atoms with Gasteiger partial charge in [-0.2, -0.15) is 0 Å². The summed E-state index contributed by atoms with van der Waals surface area (Å²) in [5, 5.41) is 3.47. The van der Waals surface area contributed by atoms with Crippen molar-refractivity contribution in [1.29, 1.82) is 0 Å². The van der Waals surface area contributed by atoms with E-state index in [1.807, 2.05) is 0 Å². The molecule has 1 saturated heterocycles. The first kappa shape index (κ1) is 16.1. The zero-order valence-electron chi connectivity index (χ0n) is 12.4. The van der Waals surface area contributed by atoms with Gasteiger partial charge in [0.1, 0.15) is 0 Å². The predicted molar refractivity (Wildman–Crippen MR) is 92.2 cm³/mol. The summed E-state index contributed by atoms with van der Waals surface area (Å²) in [7, 11) is 0. The minimum Gasteiger partial charge on any atom is -0.317 e. The van der Waals surface area contributed by atoms with E-state index >= 15 is 0 Å². The van der Waals surface area contributed by atoms with E-state index in [-0.39, 0.29) is 12.4 Å². The van der Waals surface area contributed by atoms with Crippen molar-refractivity contribution in [1.82, 2.24) is 5.32 Å². The van der Waals surface area contributed by atoms with Gasteiger partial charge in [0.25, 0.3) is 0 Å². The van der Waals surface area contributed by atoms with Crippen LogP contribution in [0.4, 0.5) is 0 Å². The van der Waals surface area contributed by atoms with Crippen molar-refractivity contribution in [3.8, 4) is 0 Å². The number of nitrogens with one attached hydrogen (secondary N) is 1. The van der Waals surface area contributed by atoms with Crippen LogP contribution in [0.15, 0.2) is 60.7 Å². The van der Waals surface area contributed by atoms with E-state index in [0.717, 1.165) is 5.92 Å². The number of piperidine rings is 1. The number of hydrogen-bond donors (Lipinski definition) is 1. The zero-order chi connectivity index (χ0) is 13.6. The Labute approximate surface area is 134 Å². The fourth-order valence-corrected chi connectivity index (χ4v) is 3.29. The first-order chi connectivity index (χ1) is 9.93. The Hall–Kier alpha value is -1.31. The lowest BCUT2D eigenvalue weighted by atomic mass is 9.80. The molecule has 112 valence electrons. The SMILES string of the molecule is Cl.c1ccc(C(CC2CCNCC2)c2ccccc2)cc1. The molecular formula is C19H24ClN. The standard InChI is InChI=1S/C19H23N.ClH/c1-3-7-17(8-4-1)19(18-9-5-2-6-10-18)15-16-11-13-20-14-12-16;/h1-10,16,19-20H,11-15H2;1H. The van der Waals surface area contributed by atoms with E-state index in [4.69, 9.17) is 0 Å². The normalized spacial score (nSPS) is 15.7. The quantitative estimate of drug-likeness (QED) is 0.868. The summed E-state index contributed by atoms with van der Waals surface area (Å²) in [4.78, 5) is 0. The van der Waals surface area contributed by atoms with Crippen molar-refractivity contribution in [2.24, 2.45) is 5.92 Å². The van der Waals surface area contributed by atoms with Crippen LogP contribution in [0.2, 0.25) is 0 Å². The summed E-state index contributed by atoms with van der Waals surface area (Å²) >= 11 is 0. The van der Waals surface area contributed by atoms with E-state index in [2.05, 4.69) is 66.0 Å². The molecule has 1 aliphatic heterocycles. The molecule has 2 aromatic rings. The molecule has 0 saturated carbocycles. The van der Waals surface area contributed by atoms with Gasteiger partial charge in [-0.1, -0.05) is 60.7 Å². The van der Waals surface area contributed by atoms with Crippen LogP contribution in [0.25, 0.3) is 0 Å². The maximum atomic E-state index is 3.47. The summed E-state index contributed by atoms with van der Waals surface area (Å²) in [5.41, 5.74) is 2.91. The van der Waals surface area contributed by atoms with E-state index < -0.39 is 0 Å². The Morgan fingerprint density at radius 2 is 1.29 bits per heavy atom. The Balaban J connectivity index is 0.00000161. The molecule has 0 aromatic heterocycles. The highest BCUT2D eigenvalue weighted by molar-refractivity contribution is 5.85. The van der Waals surface area contributed by atoms with Crippen molar-refractivity contribution in [3.05, 3.63) is 71.8 Å². The van der Waals surface area contributed by atoms with Crippen LogP contribution in [0, 0.1) is 5.92 Å². The van der Waals surface area contributed by atoms with Gasteiger partial charge in [-0.3, -0.25) is 0 Å². The van der Waals surface area contributed by atoms with E-state index in [0.29, 0.717) is 5.92 Å². The zero-order valence-corrected chi connectivity index (χ0v) is 13.2. The second kappa shape index (κ2) is 8.21. The smallest absolute Gasteiger partial charge is 0.00919 e. The van der Waals surface area contributed by atoms with Crippen molar-refractivity contribution >= 4 is 12.4 Å². The van der Waals surface area contributed by atoms with Crippen LogP contribution >= 0.6 is 12.4 Å². The van der Waals surface area contributed by atoms with Gasteiger partial charge in [-0.15, -0.1) is 12.4 Å². The molecule has 21 heavy (non-hydrogen) atoms. The molecule has 1 heterocycles. The van der Waals surface area contributed by atoms with Gasteiger partial charge in [0.2, 0.25) is 0 Å². The first-order valence-corrected chi connectivity index (χ1v) is 7.74. The fourth-order valence-electron chi connectivity index (χ4n) is 3.29. The predicted octanol–water partition coefficient (Wildman–Crippen LogP) is 4.63. The second-order valence-electron chi connectivity index (χ2n) is 5.80. The molecule has 1 nitrogen and oxygen atoms in total. The molecule has 1 fully saturated rings. The number of hydrogen-bond acceptors (Lipinski definition) is 1. The van der Waals surface area contributed by atoms with E-state index in [1.54, 1.807) is 0 Å². The van der Waals surface area contributed by atoms with Gasteiger partial charge < -0.3 is 5.32 Å². The lowest BCUT2D eigenvalue weighted by Gasteiger charge is -2.27. The Bertz CT molecular complexity index is 466. The average Bonchev–Trinajstić information content (AvgIpc) is 2.55. The molecule has 2 heteroatoms. The fraction of sp³-hybridized carbons (Fsp3) is 0.368. The molecule has 0 aliphatic carbocycles. The Kier molecular flexibility index (Phi) is 6.28. The molecule has 0 amide bonds. The summed E-state index contributed by atoms with van der Waals surface area (Å²) in [6.45, 7) is 2.36. The number of benzene rings is 2. The molecule has 0 unspecified atom stereocenters. The Morgan fingerprint density at radius 3 is 1.76 bits per heavy atom. The molecular weight excluding hydrogens is 278 g/mol. The number of rotatable bonds is 4. The van der Waals surface area contributed by atoms with Crippen LogP contribution in [-0.2, 0) is 0 Å². The molecule has 0 spiro atoms. The molecule has 1 aliphatic rings. The lowest BCUT2D eigenvalue weighted by molar-refractivity contribution is 0.342. The molecule has 3 rings (SSSR count). The third-order valence-corrected chi connectivity index (χ3v) is 4.43. The van der Waals surface area contributed by atoms with Crippen LogP contribution in [0.1, 0.15) is 36.3 Å². The van der Waals surface area contributed by atoms with Gasteiger partial charge in [0.15, 0.2) is 0 Å². The third-order valence-electron chi connectivity index (χ3n) is 4.43. The largest absolute Gasteiger partial charge is 0.317 e. The highest BCUT2D eigenvalue weighted by Crippen LogP contribution is 2.33. The first-order valence-electron chi connectivity index (χ1n) is 7.74. The number of halogens is 1. The summed E-state index contributed by atoms with van der Waals surface area (Å²) in [5.74, 6) is 1.39. The van der Waals surface area contributed by atoms with E-state index in [1.165, 1.54) is 43.5 Å². The molecule has 1 N–H and O–H groups in total. The minimum atomic E-state index is 0. The van der Waals surface area contributed by atoms with Gasteiger partial charge in [0, 0.05) is 5.92 Å². The van der Waals surface area contributed by atoms with Gasteiger partial charge in [-0.05, 0) is 49.4 Å². The topological polar surface area (TPSA) is 12.0 Å². The van der Waals surface area contributed by atoms with Gasteiger partial charge in [0.05, 0.1) is 0 Å². The molecule has 0 bridgehead atoms. The second-order valence-corrected chi connectivity index (χ2v) is 5.80. The molecule has 0 atom stereocenters. The van der Waals surface area contributed by atoms with Crippen molar-refractivity contribution in [2.75, 3.05) is 13.1 Å². The maximum absolute atomic E-state index is 3.47. The van der Waals surface area contributed by atoms with Crippen LogP contribution < -0.4 is 5.32 Å². The maximum Gasteiger partial charge on any atom is 0.00919 e. The van der Waals surface area contributed by atoms with Crippen LogP contribution in [-0.4, -0.2) is 13.1 Å². The van der Waals surface area contributed by atoms with Gasteiger partial charge >= 0.3 is 0 Å². The summed E-state index contributed by atoms with van der Waals surface area (Å²) < 4.78 is 0. The van der Waals surface area contributed by atoms with Crippen LogP contribution in [0.5, 0.6) is 0 Å². The third kappa shape index (κ3) is 4.33. The van der Waals surface area contributed by atoms with E-state index in [9.17, 15) is 0 Å². The highest BCUT2D eigenvalue weighted by atomic mass is 35.5. The molecule has 2 aromatic carbocycles. The highest BCUT2D eigenvalue weighted by Gasteiger charge is 2.21. The van der Waals surface area contributed by atoms with Crippen LogP contribution in [0.3, 0.4) is 0 Å². The molecule has 0 radical (unpaired) electrons. The van der Waals surface area contributed by atoms with Crippen molar-refractivity contribution in [3.63, 3.8) is 0 Å². The average molecular weight is 302 g/mol. The summed E-state index contributed by atoms with van der Waals surface area (Å²) in [6, 6.07) is 22.0. The lowest BCUT2D eigenvalue weighted by Crippen LogP contribution is -2.28. The monoisotopic (exact) mass is 301 g/mol. The van der Waals surface area contributed by atoms with Crippen molar-refractivity contribution < 1.29 is 0 Å². The van der Waals surface area contributed by atoms with Gasteiger partial charge in [-0.25, -0.2) is 0 Å². The minimum absolute atomic E-state index is 0. The Morgan fingerprint density at radius 1 is 0.810 bits per heavy atom. The summed E-state index contributed by atoms with van der Waals surface area (Å²) in [6.07, 6.45) is 3.90. The van der Waals surface area contributed by atoms with Crippen molar-refractivity contribution in [2.45, 2.75) is 25.2 Å².